The highest BCUT2D eigenvalue weighted by atomic mass is 16.8. The first-order valence-corrected chi connectivity index (χ1v) is 10.7. The van der Waals surface area contributed by atoms with Crippen LogP contribution >= 0.6 is 0 Å². The third kappa shape index (κ3) is 3.52. The van der Waals surface area contributed by atoms with Gasteiger partial charge in [-0.15, -0.1) is 0 Å². The normalized spacial score (nSPS) is 26.1. The molecule has 6 heteroatoms. The Kier molecular flexibility index (Phi) is 5.13. The van der Waals surface area contributed by atoms with Gasteiger partial charge in [0.15, 0.2) is 0 Å². The van der Waals surface area contributed by atoms with Crippen LogP contribution in [0.4, 0.5) is 5.69 Å². The largest absolute Gasteiger partial charge is 0.361 e. The van der Waals surface area contributed by atoms with Gasteiger partial charge in [-0.1, -0.05) is 78.4 Å². The molecule has 3 aromatic rings. The summed E-state index contributed by atoms with van der Waals surface area (Å²) in [5.41, 5.74) is 3.11. The van der Waals surface area contributed by atoms with Crippen LogP contribution in [0.2, 0.25) is 0 Å². The lowest BCUT2D eigenvalue weighted by Gasteiger charge is -2.28. The molecule has 3 atom stereocenters. The molecule has 0 saturated carbocycles. The first kappa shape index (κ1) is 20.6. The predicted molar refractivity (Wildman–Crippen MR) is 119 cm³/mol. The van der Waals surface area contributed by atoms with Crippen LogP contribution < -0.4 is 4.90 Å². The summed E-state index contributed by atoms with van der Waals surface area (Å²) in [6.07, 6.45) is 0.227. The van der Waals surface area contributed by atoms with Crippen molar-refractivity contribution in [1.82, 2.24) is 5.06 Å². The average molecular weight is 428 g/mol. The molecule has 2 aliphatic rings. The molecule has 0 spiro atoms. The Balaban J connectivity index is 1.50. The summed E-state index contributed by atoms with van der Waals surface area (Å²) in [4.78, 5) is 33.6. The van der Waals surface area contributed by atoms with Crippen molar-refractivity contribution < 1.29 is 19.5 Å². The molecule has 3 aromatic carbocycles. The molecule has 0 bridgehead atoms. The van der Waals surface area contributed by atoms with E-state index in [4.69, 9.17) is 4.84 Å². The van der Waals surface area contributed by atoms with Crippen LogP contribution in [-0.2, 0) is 20.2 Å². The van der Waals surface area contributed by atoms with Crippen LogP contribution in [0.1, 0.15) is 35.6 Å². The van der Waals surface area contributed by atoms with Gasteiger partial charge in [0.25, 0.3) is 5.91 Å². The van der Waals surface area contributed by atoms with Crippen molar-refractivity contribution >= 4 is 17.5 Å². The molecule has 0 aromatic heterocycles. The van der Waals surface area contributed by atoms with E-state index in [-0.39, 0.29) is 30.7 Å². The highest BCUT2D eigenvalue weighted by molar-refractivity contribution is 6.22. The number of amides is 2. The molecule has 3 unspecified atom stereocenters. The van der Waals surface area contributed by atoms with E-state index < -0.39 is 11.8 Å². The molecule has 32 heavy (non-hydrogen) atoms. The summed E-state index contributed by atoms with van der Waals surface area (Å²) in [7, 11) is 0. The molecule has 6 nitrogen and oxygen atoms in total. The molecular formula is C26H24N2O4. The zero-order valence-corrected chi connectivity index (χ0v) is 17.7. The van der Waals surface area contributed by atoms with Crippen molar-refractivity contribution in [3.63, 3.8) is 0 Å². The van der Waals surface area contributed by atoms with E-state index >= 15 is 0 Å². The number of hydrogen-bond donors (Lipinski definition) is 1. The van der Waals surface area contributed by atoms with Crippen LogP contribution in [0.25, 0.3) is 0 Å². The fraction of sp³-hybridized carbons (Fsp3) is 0.231. The van der Waals surface area contributed by atoms with Crippen molar-refractivity contribution in [2.24, 2.45) is 0 Å². The third-order valence-corrected chi connectivity index (χ3v) is 6.17. The molecule has 2 amide bonds. The average Bonchev–Trinajstić information content (AvgIpc) is 3.33. The number of anilines is 1. The number of hydrogen-bond acceptors (Lipinski definition) is 5. The smallest absolute Gasteiger partial charge is 0.254 e. The lowest BCUT2D eigenvalue weighted by molar-refractivity contribution is -0.303. The van der Waals surface area contributed by atoms with Gasteiger partial charge in [-0.25, -0.2) is 4.90 Å². The standard InChI is InChI=1S/C26H24N2O4/c1-18-12-14-21(15-13-18)27-24(29)16-22(25(27)30)28-23(19-8-4-2-5-9-19)17-26(31,32-28)20-10-6-3-7-11-20/h2-15,22-23,31H,16-17H2,1H3. The Hall–Kier alpha value is -3.32. The van der Waals surface area contributed by atoms with E-state index in [2.05, 4.69) is 0 Å². The van der Waals surface area contributed by atoms with E-state index in [1.165, 1.54) is 9.96 Å². The van der Waals surface area contributed by atoms with Gasteiger partial charge in [-0.2, -0.15) is 5.06 Å². The van der Waals surface area contributed by atoms with E-state index in [0.717, 1.165) is 11.1 Å². The van der Waals surface area contributed by atoms with Crippen molar-refractivity contribution in [2.45, 2.75) is 37.6 Å². The second-order valence-electron chi connectivity index (χ2n) is 8.36. The van der Waals surface area contributed by atoms with E-state index in [1.54, 1.807) is 24.3 Å². The summed E-state index contributed by atoms with van der Waals surface area (Å²) < 4.78 is 0. The van der Waals surface area contributed by atoms with E-state index in [9.17, 15) is 14.7 Å². The number of aliphatic hydroxyl groups is 1. The number of nitrogens with zero attached hydrogens (tertiary/aromatic N) is 2. The van der Waals surface area contributed by atoms with E-state index in [0.29, 0.717) is 11.3 Å². The Morgan fingerprint density at radius 2 is 1.50 bits per heavy atom. The summed E-state index contributed by atoms with van der Waals surface area (Å²) in [6, 6.07) is 24.8. The van der Waals surface area contributed by atoms with Crippen LogP contribution in [0.3, 0.4) is 0 Å². The Bertz CT molecular complexity index is 1130. The molecule has 5 rings (SSSR count). The second-order valence-corrected chi connectivity index (χ2v) is 8.36. The number of aryl methyl sites for hydroxylation is 1. The highest BCUT2D eigenvalue weighted by Crippen LogP contribution is 2.47. The molecular weight excluding hydrogens is 404 g/mol. The number of benzene rings is 3. The number of carbonyl (C=O) groups excluding carboxylic acids is 2. The number of carbonyl (C=O) groups is 2. The van der Waals surface area contributed by atoms with Gasteiger partial charge in [0, 0.05) is 12.0 Å². The monoisotopic (exact) mass is 428 g/mol. The first-order chi connectivity index (χ1) is 15.5. The fourth-order valence-electron chi connectivity index (χ4n) is 4.50. The lowest BCUT2D eigenvalue weighted by atomic mass is 9.94. The van der Waals surface area contributed by atoms with Gasteiger partial charge in [0.2, 0.25) is 11.7 Å². The van der Waals surface area contributed by atoms with Crippen molar-refractivity contribution in [2.75, 3.05) is 4.90 Å². The minimum Gasteiger partial charge on any atom is -0.361 e. The predicted octanol–water partition coefficient (Wildman–Crippen LogP) is 3.85. The maximum absolute atomic E-state index is 13.4. The minimum atomic E-state index is -1.59. The molecule has 0 aliphatic carbocycles. The Morgan fingerprint density at radius 1 is 0.875 bits per heavy atom. The molecule has 162 valence electrons. The first-order valence-electron chi connectivity index (χ1n) is 10.7. The maximum Gasteiger partial charge on any atom is 0.254 e. The SMILES string of the molecule is Cc1ccc(N2C(=O)CC(N3OC(O)(c4ccccc4)CC3c3ccccc3)C2=O)cc1. The number of rotatable bonds is 4. The fourth-order valence-corrected chi connectivity index (χ4v) is 4.50. The van der Waals surface area contributed by atoms with Gasteiger partial charge in [-0.05, 0) is 24.6 Å². The van der Waals surface area contributed by atoms with Crippen molar-refractivity contribution in [3.05, 3.63) is 102 Å². The van der Waals surface area contributed by atoms with Crippen LogP contribution in [0.15, 0.2) is 84.9 Å². The van der Waals surface area contributed by atoms with Gasteiger partial charge >= 0.3 is 0 Å². The van der Waals surface area contributed by atoms with Crippen LogP contribution in [0.5, 0.6) is 0 Å². The van der Waals surface area contributed by atoms with Gasteiger partial charge < -0.3 is 5.11 Å². The minimum absolute atomic E-state index is 0.0130. The zero-order chi connectivity index (χ0) is 22.3. The molecule has 2 fully saturated rings. The zero-order valence-electron chi connectivity index (χ0n) is 17.7. The molecule has 2 heterocycles. The topological polar surface area (TPSA) is 70.1 Å². The summed E-state index contributed by atoms with van der Waals surface area (Å²) in [6.45, 7) is 1.95. The summed E-state index contributed by atoms with van der Waals surface area (Å²) in [5, 5.41) is 12.9. The van der Waals surface area contributed by atoms with E-state index in [1.807, 2.05) is 67.6 Å². The Morgan fingerprint density at radius 3 is 2.16 bits per heavy atom. The molecule has 2 saturated heterocycles. The second kappa shape index (κ2) is 7.98. The van der Waals surface area contributed by atoms with Crippen LogP contribution in [-0.4, -0.2) is 28.0 Å². The van der Waals surface area contributed by atoms with Crippen LogP contribution in [0, 0.1) is 6.92 Å². The lowest BCUT2D eigenvalue weighted by Crippen LogP contribution is -2.42. The van der Waals surface area contributed by atoms with Gasteiger partial charge in [0.05, 0.1) is 18.2 Å². The summed E-state index contributed by atoms with van der Waals surface area (Å²) >= 11 is 0. The number of imide groups is 1. The number of hydroxylamine groups is 2. The Labute approximate surface area is 186 Å². The van der Waals surface area contributed by atoms with Crippen molar-refractivity contribution in [3.8, 4) is 0 Å². The molecule has 1 N–H and O–H groups in total. The van der Waals surface area contributed by atoms with Crippen molar-refractivity contribution in [1.29, 1.82) is 0 Å². The highest BCUT2D eigenvalue weighted by Gasteiger charge is 2.54. The molecule has 0 radical (unpaired) electrons. The third-order valence-electron chi connectivity index (χ3n) is 6.17. The van der Waals surface area contributed by atoms with Gasteiger partial charge in [0.1, 0.15) is 6.04 Å². The van der Waals surface area contributed by atoms with Gasteiger partial charge in [-0.3, -0.25) is 14.4 Å². The summed E-state index contributed by atoms with van der Waals surface area (Å²) in [5.74, 6) is -2.23. The molecule has 2 aliphatic heterocycles. The maximum atomic E-state index is 13.4. The quantitative estimate of drug-likeness (QED) is 0.640.